The minimum absolute atomic E-state index is 0.320. The Kier molecular flexibility index (Phi) is 5.43. The number of rotatable bonds is 6. The lowest BCUT2D eigenvalue weighted by Gasteiger charge is -2.02. The lowest BCUT2D eigenvalue weighted by Crippen LogP contribution is -2.17. The number of hydrogen-bond donors (Lipinski definition) is 1. The van der Waals surface area contributed by atoms with Gasteiger partial charge < -0.3 is 9.15 Å². The SMILES string of the molecule is COc1ccc(C(=O)N/N=C\c2cn(-c3ccccc3)nc2-c2ccc(C)o2)cc1. The normalized spacial score (nSPS) is 11.0. The number of benzene rings is 2. The molecule has 0 aliphatic carbocycles. The molecule has 2 heterocycles. The molecular formula is C23H20N4O3. The van der Waals surface area contributed by atoms with Gasteiger partial charge in [0.05, 0.1) is 19.0 Å². The summed E-state index contributed by atoms with van der Waals surface area (Å²) >= 11 is 0. The van der Waals surface area contributed by atoms with Crippen molar-refractivity contribution in [1.82, 2.24) is 15.2 Å². The molecule has 0 unspecified atom stereocenters. The van der Waals surface area contributed by atoms with Crippen LogP contribution in [0.25, 0.3) is 17.1 Å². The second-order valence-electron chi connectivity index (χ2n) is 6.55. The number of ether oxygens (including phenoxy) is 1. The quantitative estimate of drug-likeness (QED) is 0.388. The van der Waals surface area contributed by atoms with E-state index in [4.69, 9.17) is 9.15 Å². The zero-order chi connectivity index (χ0) is 20.9. The fourth-order valence-corrected chi connectivity index (χ4v) is 2.92. The van der Waals surface area contributed by atoms with Gasteiger partial charge in [-0.1, -0.05) is 18.2 Å². The van der Waals surface area contributed by atoms with Crippen molar-refractivity contribution in [2.24, 2.45) is 5.10 Å². The number of carbonyl (C=O) groups excluding carboxylic acids is 1. The molecule has 150 valence electrons. The number of nitrogens with one attached hydrogen (secondary N) is 1. The van der Waals surface area contributed by atoms with Crippen LogP contribution in [0.5, 0.6) is 5.75 Å². The van der Waals surface area contributed by atoms with Crippen LogP contribution < -0.4 is 10.2 Å². The summed E-state index contributed by atoms with van der Waals surface area (Å²) in [5.41, 5.74) is 5.27. The molecule has 0 saturated carbocycles. The molecule has 1 N–H and O–H groups in total. The number of para-hydroxylation sites is 1. The molecule has 4 aromatic rings. The Morgan fingerprint density at radius 3 is 2.53 bits per heavy atom. The van der Waals surface area contributed by atoms with Crippen LogP contribution in [-0.2, 0) is 0 Å². The number of aromatic nitrogens is 2. The van der Waals surface area contributed by atoms with Crippen LogP contribution in [0.2, 0.25) is 0 Å². The van der Waals surface area contributed by atoms with Crippen molar-refractivity contribution in [1.29, 1.82) is 0 Å². The Bertz CT molecular complexity index is 1170. The standard InChI is InChI=1S/C23H20N4O3/c1-16-8-13-21(30-16)22-18(15-27(26-22)19-6-4-3-5-7-19)14-24-25-23(28)17-9-11-20(29-2)12-10-17/h3-15H,1-2H3,(H,25,28)/b24-14-. The first-order valence-corrected chi connectivity index (χ1v) is 9.33. The summed E-state index contributed by atoms with van der Waals surface area (Å²) in [5.74, 6) is 1.78. The summed E-state index contributed by atoms with van der Waals surface area (Å²) in [6.07, 6.45) is 3.40. The average Bonchev–Trinajstić information content (AvgIpc) is 3.40. The summed E-state index contributed by atoms with van der Waals surface area (Å²) in [4.78, 5) is 12.3. The highest BCUT2D eigenvalue weighted by atomic mass is 16.5. The van der Waals surface area contributed by atoms with E-state index in [2.05, 4.69) is 15.6 Å². The summed E-state index contributed by atoms with van der Waals surface area (Å²) < 4.78 is 12.6. The molecule has 4 rings (SSSR count). The van der Waals surface area contributed by atoms with Crippen LogP contribution in [0.3, 0.4) is 0 Å². The minimum atomic E-state index is -0.320. The van der Waals surface area contributed by atoms with E-state index in [0.29, 0.717) is 28.3 Å². The molecule has 0 atom stereocenters. The van der Waals surface area contributed by atoms with E-state index >= 15 is 0 Å². The number of methoxy groups -OCH3 is 1. The highest BCUT2D eigenvalue weighted by Gasteiger charge is 2.14. The number of hydrogen-bond acceptors (Lipinski definition) is 5. The lowest BCUT2D eigenvalue weighted by atomic mass is 10.2. The van der Waals surface area contributed by atoms with Gasteiger partial charge in [-0.3, -0.25) is 4.79 Å². The van der Waals surface area contributed by atoms with Crippen molar-refractivity contribution in [3.63, 3.8) is 0 Å². The van der Waals surface area contributed by atoms with E-state index in [1.165, 1.54) is 0 Å². The van der Waals surface area contributed by atoms with Gasteiger partial charge in [-0.05, 0) is 55.5 Å². The molecular weight excluding hydrogens is 380 g/mol. The molecule has 30 heavy (non-hydrogen) atoms. The highest BCUT2D eigenvalue weighted by molar-refractivity contribution is 5.95. The Balaban J connectivity index is 1.58. The van der Waals surface area contributed by atoms with Gasteiger partial charge in [0.25, 0.3) is 5.91 Å². The zero-order valence-corrected chi connectivity index (χ0v) is 16.6. The van der Waals surface area contributed by atoms with Gasteiger partial charge in [-0.15, -0.1) is 0 Å². The third-order valence-electron chi connectivity index (χ3n) is 4.46. The average molecular weight is 400 g/mol. The summed E-state index contributed by atoms with van der Waals surface area (Å²) in [5, 5.41) is 8.75. The molecule has 0 radical (unpaired) electrons. The first-order valence-electron chi connectivity index (χ1n) is 9.33. The molecule has 2 aromatic heterocycles. The van der Waals surface area contributed by atoms with Gasteiger partial charge >= 0.3 is 0 Å². The monoisotopic (exact) mass is 400 g/mol. The molecule has 2 aromatic carbocycles. The molecule has 0 aliphatic rings. The number of amides is 1. The molecule has 0 fully saturated rings. The van der Waals surface area contributed by atoms with Crippen LogP contribution in [0.15, 0.2) is 82.4 Å². The molecule has 0 aliphatic heterocycles. The molecule has 0 spiro atoms. The van der Waals surface area contributed by atoms with E-state index in [1.54, 1.807) is 42.3 Å². The van der Waals surface area contributed by atoms with Gasteiger partial charge in [0.2, 0.25) is 0 Å². The number of hydrazone groups is 1. The molecule has 7 nitrogen and oxygen atoms in total. The predicted octanol–water partition coefficient (Wildman–Crippen LogP) is 4.21. The van der Waals surface area contributed by atoms with Crippen molar-refractivity contribution in [2.45, 2.75) is 6.92 Å². The third kappa shape index (κ3) is 4.15. The Labute approximate surface area is 173 Å². The predicted molar refractivity (Wildman–Crippen MR) is 114 cm³/mol. The lowest BCUT2D eigenvalue weighted by molar-refractivity contribution is 0.0955. The Hall–Kier alpha value is -4.13. The molecule has 1 amide bonds. The van der Waals surface area contributed by atoms with Crippen LogP contribution in [-0.4, -0.2) is 29.0 Å². The summed E-state index contributed by atoms with van der Waals surface area (Å²) in [7, 11) is 1.58. The van der Waals surface area contributed by atoms with Crippen molar-refractivity contribution in [2.75, 3.05) is 7.11 Å². The van der Waals surface area contributed by atoms with Crippen LogP contribution in [0, 0.1) is 6.92 Å². The molecule has 0 saturated heterocycles. The Morgan fingerprint density at radius 2 is 1.87 bits per heavy atom. The number of aryl methyl sites for hydroxylation is 1. The van der Waals surface area contributed by atoms with Crippen LogP contribution in [0.4, 0.5) is 0 Å². The summed E-state index contributed by atoms with van der Waals surface area (Å²) in [6, 6.07) is 20.3. The first kappa shape index (κ1) is 19.2. The second-order valence-corrected chi connectivity index (χ2v) is 6.55. The van der Waals surface area contributed by atoms with E-state index in [1.807, 2.05) is 55.6 Å². The number of carbonyl (C=O) groups is 1. The van der Waals surface area contributed by atoms with Gasteiger partial charge in [0.1, 0.15) is 17.2 Å². The van der Waals surface area contributed by atoms with E-state index in [0.717, 1.165) is 11.4 Å². The zero-order valence-electron chi connectivity index (χ0n) is 16.6. The maximum absolute atomic E-state index is 12.3. The van der Waals surface area contributed by atoms with E-state index in [-0.39, 0.29) is 5.91 Å². The van der Waals surface area contributed by atoms with Crippen molar-refractivity contribution in [3.8, 4) is 22.9 Å². The van der Waals surface area contributed by atoms with Gasteiger partial charge in [0, 0.05) is 17.3 Å². The smallest absolute Gasteiger partial charge is 0.271 e. The van der Waals surface area contributed by atoms with Gasteiger partial charge in [-0.2, -0.15) is 10.2 Å². The van der Waals surface area contributed by atoms with Crippen molar-refractivity contribution < 1.29 is 13.9 Å². The fourth-order valence-electron chi connectivity index (χ4n) is 2.92. The third-order valence-corrected chi connectivity index (χ3v) is 4.46. The fraction of sp³-hybridized carbons (Fsp3) is 0.0870. The Morgan fingerprint density at radius 1 is 1.10 bits per heavy atom. The first-order chi connectivity index (χ1) is 14.6. The van der Waals surface area contributed by atoms with Crippen molar-refractivity contribution in [3.05, 3.63) is 89.8 Å². The maximum atomic E-state index is 12.3. The molecule has 0 bridgehead atoms. The summed E-state index contributed by atoms with van der Waals surface area (Å²) in [6.45, 7) is 1.88. The van der Waals surface area contributed by atoms with Gasteiger partial charge in [-0.25, -0.2) is 10.1 Å². The second kappa shape index (κ2) is 8.48. The van der Waals surface area contributed by atoms with E-state index < -0.39 is 0 Å². The minimum Gasteiger partial charge on any atom is -0.497 e. The van der Waals surface area contributed by atoms with Gasteiger partial charge in [0.15, 0.2) is 5.76 Å². The van der Waals surface area contributed by atoms with Crippen LogP contribution in [0.1, 0.15) is 21.7 Å². The van der Waals surface area contributed by atoms with E-state index in [9.17, 15) is 4.79 Å². The van der Waals surface area contributed by atoms with Crippen LogP contribution >= 0.6 is 0 Å². The number of furan rings is 1. The highest BCUT2D eigenvalue weighted by Crippen LogP contribution is 2.24. The maximum Gasteiger partial charge on any atom is 0.271 e. The largest absolute Gasteiger partial charge is 0.497 e. The molecule has 7 heteroatoms. The number of nitrogens with zero attached hydrogens (tertiary/aromatic N) is 3. The van der Waals surface area contributed by atoms with Crippen molar-refractivity contribution >= 4 is 12.1 Å². The topological polar surface area (TPSA) is 81.6 Å².